The van der Waals surface area contributed by atoms with E-state index in [4.69, 9.17) is 10.5 Å². The van der Waals surface area contributed by atoms with Gasteiger partial charge in [-0.2, -0.15) is 0 Å². The zero-order chi connectivity index (χ0) is 15.1. The van der Waals surface area contributed by atoms with Crippen molar-refractivity contribution in [3.8, 4) is 0 Å². The topological polar surface area (TPSA) is 76.4 Å². The minimum absolute atomic E-state index is 0.195. The number of hydrogen-bond donors (Lipinski definition) is 3. The highest BCUT2D eigenvalue weighted by molar-refractivity contribution is 5.67. The summed E-state index contributed by atoms with van der Waals surface area (Å²) in [6.45, 7) is 14.0. The van der Waals surface area contributed by atoms with Crippen molar-refractivity contribution in [2.75, 3.05) is 19.6 Å². The maximum Gasteiger partial charge on any atom is 0.407 e. The normalized spacial score (nSPS) is 15.2. The molecule has 2 unspecified atom stereocenters. The lowest BCUT2D eigenvalue weighted by atomic mass is 9.96. The Balaban J connectivity index is 3.87. The molecule has 0 heterocycles. The summed E-state index contributed by atoms with van der Waals surface area (Å²) in [5.41, 5.74) is 5.27. The standard InChI is InChI=1S/C14H31N3O2/c1-10(2)12(7-15)9-16-11(3)8-17-13(18)19-14(4,5)6/h10-12,16H,7-9,15H2,1-6H3,(H,17,18). The van der Waals surface area contributed by atoms with Crippen LogP contribution in [0.15, 0.2) is 0 Å². The fourth-order valence-electron chi connectivity index (χ4n) is 1.57. The lowest BCUT2D eigenvalue weighted by molar-refractivity contribution is 0.0523. The van der Waals surface area contributed by atoms with Gasteiger partial charge in [0.05, 0.1) is 0 Å². The first kappa shape index (κ1) is 18.2. The molecule has 4 N–H and O–H groups in total. The number of rotatable bonds is 7. The molecule has 0 saturated heterocycles. The van der Waals surface area contributed by atoms with Crippen LogP contribution < -0.4 is 16.4 Å². The molecule has 1 amide bonds. The maximum absolute atomic E-state index is 11.5. The summed E-state index contributed by atoms with van der Waals surface area (Å²) in [5.74, 6) is 1.02. The van der Waals surface area contributed by atoms with Crippen molar-refractivity contribution in [3.63, 3.8) is 0 Å². The molecule has 0 fully saturated rings. The number of nitrogens with one attached hydrogen (secondary N) is 2. The highest BCUT2D eigenvalue weighted by Crippen LogP contribution is 2.08. The molecule has 0 saturated carbocycles. The van der Waals surface area contributed by atoms with Crippen LogP contribution in [0.4, 0.5) is 4.79 Å². The van der Waals surface area contributed by atoms with Crippen LogP contribution in [0.5, 0.6) is 0 Å². The Morgan fingerprint density at radius 2 is 1.79 bits per heavy atom. The number of carbonyl (C=O) groups is 1. The van der Waals surface area contributed by atoms with E-state index < -0.39 is 5.60 Å². The van der Waals surface area contributed by atoms with Crippen LogP contribution in [0.25, 0.3) is 0 Å². The zero-order valence-electron chi connectivity index (χ0n) is 13.2. The molecule has 114 valence electrons. The van der Waals surface area contributed by atoms with Gasteiger partial charge in [-0.25, -0.2) is 4.79 Å². The van der Waals surface area contributed by atoms with E-state index in [2.05, 4.69) is 24.5 Å². The first-order valence-electron chi connectivity index (χ1n) is 7.06. The summed E-state index contributed by atoms with van der Waals surface area (Å²) >= 11 is 0. The second-order valence-electron chi connectivity index (χ2n) is 6.43. The van der Waals surface area contributed by atoms with Gasteiger partial charge in [0.15, 0.2) is 0 Å². The monoisotopic (exact) mass is 273 g/mol. The predicted octanol–water partition coefficient (Wildman–Crippen LogP) is 1.72. The summed E-state index contributed by atoms with van der Waals surface area (Å²) < 4.78 is 5.18. The Morgan fingerprint density at radius 1 is 1.21 bits per heavy atom. The van der Waals surface area contributed by atoms with E-state index in [-0.39, 0.29) is 12.1 Å². The molecule has 0 aromatic heterocycles. The molecule has 0 aliphatic rings. The maximum atomic E-state index is 11.5. The van der Waals surface area contributed by atoms with Crippen molar-refractivity contribution < 1.29 is 9.53 Å². The van der Waals surface area contributed by atoms with Crippen molar-refractivity contribution in [3.05, 3.63) is 0 Å². The molecule has 19 heavy (non-hydrogen) atoms. The Kier molecular flexibility index (Phi) is 8.02. The van der Waals surface area contributed by atoms with Gasteiger partial charge >= 0.3 is 6.09 Å². The molecule has 0 radical (unpaired) electrons. The van der Waals surface area contributed by atoms with Crippen molar-refractivity contribution in [1.82, 2.24) is 10.6 Å². The summed E-state index contributed by atoms with van der Waals surface area (Å²) in [4.78, 5) is 11.5. The quantitative estimate of drug-likeness (QED) is 0.660. The highest BCUT2D eigenvalue weighted by atomic mass is 16.6. The summed E-state index contributed by atoms with van der Waals surface area (Å²) in [6.07, 6.45) is -0.375. The van der Waals surface area contributed by atoms with Crippen molar-refractivity contribution in [1.29, 1.82) is 0 Å². The van der Waals surface area contributed by atoms with Gasteiger partial charge in [-0.15, -0.1) is 0 Å². The van der Waals surface area contributed by atoms with Gasteiger partial charge in [0.1, 0.15) is 5.60 Å². The smallest absolute Gasteiger partial charge is 0.407 e. The number of nitrogens with two attached hydrogens (primary N) is 1. The largest absolute Gasteiger partial charge is 0.444 e. The molecule has 0 rings (SSSR count). The SMILES string of the molecule is CC(CNC(=O)OC(C)(C)C)NCC(CN)C(C)C. The fraction of sp³-hybridized carbons (Fsp3) is 0.929. The van der Waals surface area contributed by atoms with Crippen molar-refractivity contribution in [2.45, 2.75) is 53.2 Å². The number of hydrogen-bond acceptors (Lipinski definition) is 4. The van der Waals surface area contributed by atoms with Gasteiger partial charge in [-0.05, 0) is 52.6 Å². The molecule has 0 aromatic carbocycles. The summed E-state index contributed by atoms with van der Waals surface area (Å²) in [7, 11) is 0. The van der Waals surface area contributed by atoms with Crippen LogP contribution >= 0.6 is 0 Å². The summed E-state index contributed by atoms with van der Waals surface area (Å²) in [5, 5.41) is 6.14. The third-order valence-corrected chi connectivity index (χ3v) is 2.93. The Bertz CT molecular complexity index is 262. The van der Waals surface area contributed by atoms with E-state index in [1.807, 2.05) is 27.7 Å². The van der Waals surface area contributed by atoms with Gasteiger partial charge in [0.25, 0.3) is 0 Å². The van der Waals surface area contributed by atoms with E-state index in [1.54, 1.807) is 0 Å². The Labute approximate surface area is 117 Å². The highest BCUT2D eigenvalue weighted by Gasteiger charge is 2.17. The van der Waals surface area contributed by atoms with Gasteiger partial charge < -0.3 is 21.1 Å². The summed E-state index contributed by atoms with van der Waals surface area (Å²) in [6, 6.07) is 0.195. The Hall–Kier alpha value is -0.810. The van der Waals surface area contributed by atoms with Crippen LogP contribution in [0.3, 0.4) is 0 Å². The van der Waals surface area contributed by atoms with Crippen LogP contribution in [0.1, 0.15) is 41.5 Å². The minimum atomic E-state index is -0.455. The van der Waals surface area contributed by atoms with Crippen LogP contribution in [0, 0.1) is 11.8 Å². The second-order valence-corrected chi connectivity index (χ2v) is 6.43. The molecule has 0 spiro atoms. The zero-order valence-corrected chi connectivity index (χ0v) is 13.2. The molecule has 0 aliphatic heterocycles. The molecule has 0 aliphatic carbocycles. The second kappa shape index (κ2) is 8.38. The van der Waals surface area contributed by atoms with Gasteiger partial charge in [-0.1, -0.05) is 13.8 Å². The molecule has 5 heteroatoms. The van der Waals surface area contributed by atoms with Gasteiger partial charge in [-0.3, -0.25) is 0 Å². The van der Waals surface area contributed by atoms with Crippen LogP contribution in [-0.2, 0) is 4.74 Å². The lowest BCUT2D eigenvalue weighted by Crippen LogP contribution is -2.43. The third-order valence-electron chi connectivity index (χ3n) is 2.93. The van der Waals surface area contributed by atoms with Gasteiger partial charge in [0.2, 0.25) is 0 Å². The van der Waals surface area contributed by atoms with Crippen molar-refractivity contribution in [2.24, 2.45) is 17.6 Å². The van der Waals surface area contributed by atoms with Crippen LogP contribution in [0.2, 0.25) is 0 Å². The minimum Gasteiger partial charge on any atom is -0.444 e. The van der Waals surface area contributed by atoms with E-state index in [9.17, 15) is 4.79 Å². The lowest BCUT2D eigenvalue weighted by Gasteiger charge is -2.23. The number of alkyl carbamates (subject to hydrolysis) is 1. The van der Waals surface area contributed by atoms with E-state index in [0.717, 1.165) is 6.54 Å². The number of carbonyl (C=O) groups excluding carboxylic acids is 1. The molecule has 5 nitrogen and oxygen atoms in total. The van der Waals surface area contributed by atoms with Gasteiger partial charge in [0, 0.05) is 12.6 Å². The average molecular weight is 273 g/mol. The molecular formula is C14H31N3O2. The van der Waals surface area contributed by atoms with E-state index in [1.165, 1.54) is 0 Å². The molecule has 0 bridgehead atoms. The average Bonchev–Trinajstić information content (AvgIpc) is 2.24. The van der Waals surface area contributed by atoms with E-state index in [0.29, 0.717) is 24.9 Å². The molecule has 2 atom stereocenters. The molecule has 0 aromatic rings. The number of ether oxygens (including phenoxy) is 1. The Morgan fingerprint density at radius 3 is 2.21 bits per heavy atom. The predicted molar refractivity (Wildman–Crippen MR) is 79.1 cm³/mol. The van der Waals surface area contributed by atoms with Crippen LogP contribution in [-0.4, -0.2) is 37.4 Å². The first-order chi connectivity index (χ1) is 8.65. The first-order valence-corrected chi connectivity index (χ1v) is 7.06. The van der Waals surface area contributed by atoms with E-state index >= 15 is 0 Å². The number of amides is 1. The van der Waals surface area contributed by atoms with Crippen molar-refractivity contribution >= 4 is 6.09 Å². The third kappa shape index (κ3) is 9.73. The fourth-order valence-corrected chi connectivity index (χ4v) is 1.57. The molecular weight excluding hydrogens is 242 g/mol.